The topological polar surface area (TPSA) is 200 Å². The van der Waals surface area contributed by atoms with Crippen molar-refractivity contribution in [2.45, 2.75) is 77.7 Å². The second-order valence-electron chi connectivity index (χ2n) is 8.87. The number of H-pyrrole nitrogens is 1. The van der Waals surface area contributed by atoms with Gasteiger partial charge in [-0.3, -0.25) is 14.4 Å². The number of imidazole rings is 1. The van der Waals surface area contributed by atoms with Crippen LogP contribution in [0.1, 0.15) is 46.7 Å². The number of hydrogen-bond donors (Lipinski definition) is 7. The number of nitrogens with one attached hydrogen (secondary N) is 4. The average molecular weight is 469 g/mol. The molecule has 5 unspecified atom stereocenters. The molecule has 3 amide bonds. The minimum Gasteiger partial charge on any atom is -0.480 e. The van der Waals surface area contributed by atoms with Gasteiger partial charge in [0.15, 0.2) is 0 Å². The maximum Gasteiger partial charge on any atom is 0.326 e. The Bertz CT molecular complexity index is 795. The number of nitrogens with two attached hydrogens (primary N) is 1. The molecule has 12 heteroatoms. The van der Waals surface area contributed by atoms with E-state index in [1.165, 1.54) is 19.4 Å². The Kier molecular flexibility index (Phi) is 11.0. The average Bonchev–Trinajstić information content (AvgIpc) is 3.22. The molecule has 0 saturated heterocycles. The fraction of sp³-hybridized carbons (Fsp3) is 0.667. The summed E-state index contributed by atoms with van der Waals surface area (Å²) < 4.78 is 0. The number of carbonyl (C=O) groups excluding carboxylic acids is 3. The number of rotatable bonds is 13. The smallest absolute Gasteiger partial charge is 0.326 e. The van der Waals surface area contributed by atoms with Crippen molar-refractivity contribution in [1.82, 2.24) is 25.9 Å². The first-order valence-electron chi connectivity index (χ1n) is 10.9. The normalized spacial score (nSPS) is 15.9. The quantitative estimate of drug-likeness (QED) is 0.189. The lowest BCUT2D eigenvalue weighted by Gasteiger charge is -2.27. The first-order chi connectivity index (χ1) is 15.3. The first-order valence-corrected chi connectivity index (χ1v) is 10.9. The van der Waals surface area contributed by atoms with Gasteiger partial charge in [0, 0.05) is 18.3 Å². The molecule has 0 saturated carbocycles. The Morgan fingerprint density at radius 2 is 1.58 bits per heavy atom. The van der Waals surface area contributed by atoms with E-state index >= 15 is 0 Å². The van der Waals surface area contributed by atoms with Gasteiger partial charge in [0.05, 0.1) is 12.4 Å². The number of aliphatic hydroxyl groups is 1. The van der Waals surface area contributed by atoms with Gasteiger partial charge in [0.2, 0.25) is 17.7 Å². The fourth-order valence-corrected chi connectivity index (χ4v) is 3.06. The largest absolute Gasteiger partial charge is 0.480 e. The maximum absolute atomic E-state index is 13.1. The molecule has 8 N–H and O–H groups in total. The zero-order valence-corrected chi connectivity index (χ0v) is 19.7. The summed E-state index contributed by atoms with van der Waals surface area (Å²) in [5, 5.41) is 26.6. The number of aromatic amines is 1. The number of nitrogens with zero attached hydrogens (tertiary/aromatic N) is 1. The van der Waals surface area contributed by atoms with Gasteiger partial charge in [-0.2, -0.15) is 0 Å². The van der Waals surface area contributed by atoms with Crippen LogP contribution in [0.3, 0.4) is 0 Å². The summed E-state index contributed by atoms with van der Waals surface area (Å²) in [6.07, 6.45) is 2.05. The maximum atomic E-state index is 13.1. The summed E-state index contributed by atoms with van der Waals surface area (Å²) >= 11 is 0. The van der Waals surface area contributed by atoms with E-state index < -0.39 is 54.0 Å². The third-order valence-corrected chi connectivity index (χ3v) is 5.00. The lowest BCUT2D eigenvalue weighted by molar-refractivity contribution is -0.143. The summed E-state index contributed by atoms with van der Waals surface area (Å²) in [5.41, 5.74) is 6.23. The van der Waals surface area contributed by atoms with E-state index in [9.17, 15) is 29.4 Å². The third-order valence-electron chi connectivity index (χ3n) is 5.00. The predicted molar refractivity (Wildman–Crippen MR) is 120 cm³/mol. The van der Waals surface area contributed by atoms with E-state index in [0.717, 1.165) is 0 Å². The van der Waals surface area contributed by atoms with E-state index in [4.69, 9.17) is 5.73 Å². The highest BCUT2D eigenvalue weighted by atomic mass is 16.4. The van der Waals surface area contributed by atoms with Crippen LogP contribution in [0.2, 0.25) is 0 Å². The molecular formula is C21H36N6O6. The Hall–Kier alpha value is -2.99. The summed E-state index contributed by atoms with van der Waals surface area (Å²) in [6.45, 7) is 8.39. The van der Waals surface area contributed by atoms with Gasteiger partial charge in [0.1, 0.15) is 24.2 Å². The monoisotopic (exact) mass is 468 g/mol. The number of aliphatic carboxylic acids is 1. The molecule has 0 aliphatic heterocycles. The van der Waals surface area contributed by atoms with Crippen molar-refractivity contribution in [2.75, 3.05) is 0 Å². The van der Waals surface area contributed by atoms with Crippen molar-refractivity contribution in [1.29, 1.82) is 0 Å². The molecule has 0 radical (unpaired) electrons. The molecule has 0 spiro atoms. The van der Waals surface area contributed by atoms with Crippen LogP contribution < -0.4 is 21.7 Å². The fourth-order valence-electron chi connectivity index (χ4n) is 3.06. The zero-order chi connectivity index (χ0) is 25.3. The standard InChI is InChI=1S/C21H36N6O6/c1-10(2)6-14(19(30)27-17(11(3)4)21(32)33)25-18(29)15(7-13-8-23-9-24-13)26-20(31)16(22)12(5)28/h8-12,14-17,28H,6-7,22H2,1-5H3,(H,23,24)(H,25,29)(H,26,31)(H,27,30)(H,32,33). The minimum atomic E-state index is -1.25. The minimum absolute atomic E-state index is 0.00712. The van der Waals surface area contributed by atoms with Crippen molar-refractivity contribution in [3.63, 3.8) is 0 Å². The third kappa shape index (κ3) is 9.18. The zero-order valence-electron chi connectivity index (χ0n) is 19.7. The van der Waals surface area contributed by atoms with E-state index in [-0.39, 0.29) is 24.7 Å². The molecule has 0 aromatic carbocycles. The van der Waals surface area contributed by atoms with E-state index in [0.29, 0.717) is 5.69 Å². The van der Waals surface area contributed by atoms with Gasteiger partial charge in [0.25, 0.3) is 0 Å². The van der Waals surface area contributed by atoms with Crippen LogP contribution in [0.15, 0.2) is 12.5 Å². The van der Waals surface area contributed by atoms with Crippen molar-refractivity contribution in [2.24, 2.45) is 17.6 Å². The Balaban J connectivity index is 3.06. The second-order valence-corrected chi connectivity index (χ2v) is 8.87. The van der Waals surface area contributed by atoms with Crippen LogP contribution in [-0.2, 0) is 25.6 Å². The van der Waals surface area contributed by atoms with Gasteiger partial charge in [-0.05, 0) is 25.2 Å². The Labute approximate surface area is 193 Å². The van der Waals surface area contributed by atoms with Crippen molar-refractivity contribution >= 4 is 23.7 Å². The van der Waals surface area contributed by atoms with Gasteiger partial charge in [-0.25, -0.2) is 9.78 Å². The van der Waals surface area contributed by atoms with Crippen LogP contribution in [0, 0.1) is 11.8 Å². The van der Waals surface area contributed by atoms with Crippen LogP contribution in [0.25, 0.3) is 0 Å². The summed E-state index contributed by atoms with van der Waals surface area (Å²) in [7, 11) is 0. The van der Waals surface area contributed by atoms with Crippen LogP contribution in [0.5, 0.6) is 0 Å². The molecule has 1 aromatic rings. The van der Waals surface area contributed by atoms with Crippen LogP contribution in [0.4, 0.5) is 0 Å². The highest BCUT2D eigenvalue weighted by Crippen LogP contribution is 2.09. The molecule has 0 aliphatic rings. The molecule has 33 heavy (non-hydrogen) atoms. The highest BCUT2D eigenvalue weighted by Gasteiger charge is 2.32. The number of amides is 3. The van der Waals surface area contributed by atoms with Gasteiger partial charge in [-0.1, -0.05) is 27.7 Å². The molecule has 1 rings (SSSR count). The van der Waals surface area contributed by atoms with Crippen molar-refractivity contribution in [3.05, 3.63) is 18.2 Å². The van der Waals surface area contributed by atoms with Crippen LogP contribution in [-0.4, -0.2) is 74.1 Å². The molecule has 0 fully saturated rings. The lowest BCUT2D eigenvalue weighted by atomic mass is 9.99. The summed E-state index contributed by atoms with van der Waals surface area (Å²) in [4.78, 5) is 56.5. The first kappa shape index (κ1) is 28.0. The summed E-state index contributed by atoms with van der Waals surface area (Å²) in [5.74, 6) is -3.56. The molecule has 12 nitrogen and oxygen atoms in total. The molecule has 5 atom stereocenters. The number of aliphatic hydroxyl groups excluding tert-OH is 1. The second kappa shape index (κ2) is 12.9. The molecule has 0 aliphatic carbocycles. The number of carbonyl (C=O) groups is 4. The summed E-state index contributed by atoms with van der Waals surface area (Å²) in [6, 6.07) is -4.51. The number of carboxylic acid groups (broad SMARTS) is 1. The molecule has 186 valence electrons. The predicted octanol–water partition coefficient (Wildman–Crippen LogP) is -1.10. The molecule has 0 bridgehead atoms. The van der Waals surface area contributed by atoms with Gasteiger partial charge < -0.3 is 36.9 Å². The number of hydrogen-bond acceptors (Lipinski definition) is 7. The molecule has 1 aromatic heterocycles. The SMILES string of the molecule is CC(C)CC(NC(=O)C(Cc1cnc[nH]1)NC(=O)C(N)C(C)O)C(=O)NC(C(=O)O)C(C)C. The van der Waals surface area contributed by atoms with Crippen LogP contribution >= 0.6 is 0 Å². The van der Waals surface area contributed by atoms with E-state index in [2.05, 4.69) is 25.9 Å². The van der Waals surface area contributed by atoms with E-state index in [1.807, 2.05) is 13.8 Å². The number of carboxylic acids is 1. The Morgan fingerprint density at radius 3 is 2.03 bits per heavy atom. The van der Waals surface area contributed by atoms with Gasteiger partial charge in [-0.15, -0.1) is 0 Å². The highest BCUT2D eigenvalue weighted by molar-refractivity contribution is 5.94. The van der Waals surface area contributed by atoms with E-state index in [1.54, 1.807) is 13.8 Å². The Morgan fingerprint density at radius 1 is 1.00 bits per heavy atom. The van der Waals surface area contributed by atoms with Gasteiger partial charge >= 0.3 is 5.97 Å². The number of aromatic nitrogens is 2. The van der Waals surface area contributed by atoms with Crippen molar-refractivity contribution in [3.8, 4) is 0 Å². The lowest BCUT2D eigenvalue weighted by Crippen LogP contribution is -2.59. The van der Waals surface area contributed by atoms with Crippen molar-refractivity contribution < 1.29 is 29.4 Å². The molecular weight excluding hydrogens is 432 g/mol. The molecule has 1 heterocycles.